The lowest BCUT2D eigenvalue weighted by Gasteiger charge is -2.15. The van der Waals surface area contributed by atoms with Crippen LogP contribution in [0.5, 0.6) is 0 Å². The van der Waals surface area contributed by atoms with Crippen molar-refractivity contribution in [2.24, 2.45) is 5.92 Å². The lowest BCUT2D eigenvalue weighted by Crippen LogP contribution is -2.30. The highest BCUT2D eigenvalue weighted by Gasteiger charge is 2.17. The van der Waals surface area contributed by atoms with E-state index in [1.54, 1.807) is 0 Å². The number of rotatable bonds is 5. The smallest absolute Gasteiger partial charge is 0.212 e. The summed E-state index contributed by atoms with van der Waals surface area (Å²) in [5, 5.41) is 8.62. The average molecular weight is 295 g/mol. The van der Waals surface area contributed by atoms with E-state index in [0.29, 0.717) is 0 Å². The van der Waals surface area contributed by atoms with Crippen molar-refractivity contribution in [2.45, 2.75) is 26.8 Å². The normalized spacial score (nSPS) is 12.8. The summed E-state index contributed by atoms with van der Waals surface area (Å²) in [4.78, 5) is 0. The first-order chi connectivity index (χ1) is 9.34. The molecule has 0 aromatic heterocycles. The van der Waals surface area contributed by atoms with Gasteiger partial charge in [0.1, 0.15) is 6.61 Å². The molecule has 0 aliphatic rings. The summed E-state index contributed by atoms with van der Waals surface area (Å²) in [5.74, 6) is 5.58. The van der Waals surface area contributed by atoms with E-state index in [1.807, 2.05) is 45.0 Å². The zero-order valence-corrected chi connectivity index (χ0v) is 12.9. The molecule has 0 spiro atoms. The number of aliphatic hydroxyl groups is 1. The van der Waals surface area contributed by atoms with E-state index < -0.39 is 10.0 Å². The second-order valence-electron chi connectivity index (χ2n) is 5.10. The van der Waals surface area contributed by atoms with E-state index >= 15 is 0 Å². The maximum Gasteiger partial charge on any atom is 0.212 e. The number of hydrogen-bond donors (Lipinski definition) is 2. The van der Waals surface area contributed by atoms with Gasteiger partial charge in [0.05, 0.1) is 5.75 Å². The van der Waals surface area contributed by atoms with Crippen molar-refractivity contribution in [1.82, 2.24) is 4.72 Å². The summed E-state index contributed by atoms with van der Waals surface area (Å²) < 4.78 is 26.4. The molecule has 0 fully saturated rings. The molecule has 1 rings (SSSR count). The van der Waals surface area contributed by atoms with Crippen LogP contribution in [0.15, 0.2) is 24.3 Å². The molecule has 0 amide bonds. The SMILES string of the molecule is CC(C)CS(=O)(=O)NC(C)c1ccc(C#CCO)cc1. The van der Waals surface area contributed by atoms with Crippen molar-refractivity contribution in [1.29, 1.82) is 0 Å². The highest BCUT2D eigenvalue weighted by Crippen LogP contribution is 2.15. The molecule has 0 radical (unpaired) electrons. The fourth-order valence-corrected chi connectivity index (χ4v) is 3.47. The molecule has 1 aromatic rings. The summed E-state index contributed by atoms with van der Waals surface area (Å²) in [7, 11) is -3.26. The van der Waals surface area contributed by atoms with Crippen LogP contribution in [0, 0.1) is 17.8 Å². The Morgan fingerprint density at radius 1 is 1.20 bits per heavy atom. The molecule has 0 aliphatic heterocycles. The lowest BCUT2D eigenvalue weighted by molar-refractivity contribution is 0.350. The van der Waals surface area contributed by atoms with Crippen LogP contribution in [-0.2, 0) is 10.0 Å². The zero-order valence-electron chi connectivity index (χ0n) is 12.1. The van der Waals surface area contributed by atoms with Gasteiger partial charge in [0, 0.05) is 11.6 Å². The van der Waals surface area contributed by atoms with Gasteiger partial charge in [-0.3, -0.25) is 0 Å². The first-order valence-corrected chi connectivity index (χ1v) is 8.19. The highest BCUT2D eigenvalue weighted by atomic mass is 32.2. The van der Waals surface area contributed by atoms with Gasteiger partial charge in [-0.05, 0) is 30.5 Å². The molecule has 20 heavy (non-hydrogen) atoms. The highest BCUT2D eigenvalue weighted by molar-refractivity contribution is 7.89. The lowest BCUT2D eigenvalue weighted by atomic mass is 10.1. The van der Waals surface area contributed by atoms with E-state index in [1.165, 1.54) is 0 Å². The van der Waals surface area contributed by atoms with Crippen LogP contribution in [0.3, 0.4) is 0 Å². The van der Waals surface area contributed by atoms with E-state index in [-0.39, 0.29) is 24.3 Å². The number of sulfonamides is 1. The van der Waals surface area contributed by atoms with Gasteiger partial charge >= 0.3 is 0 Å². The summed E-state index contributed by atoms with van der Waals surface area (Å²) in [6, 6.07) is 7.02. The first-order valence-electron chi connectivity index (χ1n) is 6.53. The maximum absolute atomic E-state index is 11.9. The third-order valence-electron chi connectivity index (χ3n) is 2.63. The molecule has 110 valence electrons. The monoisotopic (exact) mass is 295 g/mol. The molecule has 0 saturated heterocycles. The summed E-state index contributed by atoms with van der Waals surface area (Å²) in [6.07, 6.45) is 0. The van der Waals surface area contributed by atoms with Crippen molar-refractivity contribution in [3.05, 3.63) is 35.4 Å². The number of aliphatic hydroxyl groups excluding tert-OH is 1. The van der Waals surface area contributed by atoms with Gasteiger partial charge in [0.15, 0.2) is 0 Å². The molecular formula is C15H21NO3S. The van der Waals surface area contributed by atoms with Gasteiger partial charge in [-0.25, -0.2) is 13.1 Å². The van der Waals surface area contributed by atoms with Gasteiger partial charge in [-0.1, -0.05) is 37.8 Å². The average Bonchev–Trinajstić information content (AvgIpc) is 2.34. The Kier molecular flexibility index (Phi) is 6.21. The van der Waals surface area contributed by atoms with Gasteiger partial charge in [-0.15, -0.1) is 0 Å². The predicted octanol–water partition coefficient (Wildman–Crippen LogP) is 1.67. The van der Waals surface area contributed by atoms with E-state index in [0.717, 1.165) is 11.1 Å². The van der Waals surface area contributed by atoms with Crippen LogP contribution in [0.25, 0.3) is 0 Å². The Hall–Kier alpha value is -1.35. The van der Waals surface area contributed by atoms with Crippen LogP contribution >= 0.6 is 0 Å². The Morgan fingerprint density at radius 2 is 1.80 bits per heavy atom. The van der Waals surface area contributed by atoms with E-state index in [2.05, 4.69) is 16.6 Å². The largest absolute Gasteiger partial charge is 0.384 e. The predicted molar refractivity (Wildman–Crippen MR) is 80.6 cm³/mol. The van der Waals surface area contributed by atoms with Gasteiger partial charge in [-0.2, -0.15) is 0 Å². The number of nitrogens with one attached hydrogen (secondary N) is 1. The van der Waals surface area contributed by atoms with Crippen LogP contribution < -0.4 is 4.72 Å². The molecule has 5 heteroatoms. The molecule has 1 unspecified atom stereocenters. The minimum absolute atomic E-state index is 0.0934. The fraction of sp³-hybridized carbons (Fsp3) is 0.467. The van der Waals surface area contributed by atoms with Crippen molar-refractivity contribution >= 4 is 10.0 Å². The molecule has 1 aromatic carbocycles. The Balaban J connectivity index is 2.75. The molecule has 0 saturated carbocycles. The summed E-state index contributed by atoms with van der Waals surface area (Å²) >= 11 is 0. The van der Waals surface area contributed by atoms with Crippen molar-refractivity contribution in [2.75, 3.05) is 12.4 Å². The van der Waals surface area contributed by atoms with Gasteiger partial charge in [0.25, 0.3) is 0 Å². The quantitative estimate of drug-likeness (QED) is 0.812. The molecule has 0 bridgehead atoms. The molecular weight excluding hydrogens is 274 g/mol. The van der Waals surface area contributed by atoms with Crippen molar-refractivity contribution in [3.63, 3.8) is 0 Å². The van der Waals surface area contributed by atoms with E-state index in [9.17, 15) is 8.42 Å². The zero-order chi connectivity index (χ0) is 15.2. The number of hydrogen-bond acceptors (Lipinski definition) is 3. The maximum atomic E-state index is 11.9. The molecule has 0 heterocycles. The van der Waals surface area contributed by atoms with E-state index in [4.69, 9.17) is 5.11 Å². The third kappa shape index (κ3) is 5.74. The van der Waals surface area contributed by atoms with Crippen LogP contribution in [-0.4, -0.2) is 25.9 Å². The van der Waals surface area contributed by atoms with Gasteiger partial charge < -0.3 is 5.11 Å². The minimum Gasteiger partial charge on any atom is -0.384 e. The second-order valence-corrected chi connectivity index (χ2v) is 6.90. The molecule has 4 nitrogen and oxygen atoms in total. The van der Waals surface area contributed by atoms with Crippen LogP contribution in [0.1, 0.15) is 37.9 Å². The second kappa shape index (κ2) is 7.44. The molecule has 1 atom stereocenters. The standard InChI is InChI=1S/C15H21NO3S/c1-12(2)11-20(18,19)16-13(3)15-8-6-14(7-9-15)5-4-10-17/h6-9,12-13,16-17H,10-11H2,1-3H3. The van der Waals surface area contributed by atoms with Crippen molar-refractivity contribution in [3.8, 4) is 11.8 Å². The topological polar surface area (TPSA) is 66.4 Å². The van der Waals surface area contributed by atoms with Crippen LogP contribution in [0.4, 0.5) is 0 Å². The number of benzene rings is 1. The van der Waals surface area contributed by atoms with Gasteiger partial charge in [0.2, 0.25) is 10.0 Å². The molecule has 2 N–H and O–H groups in total. The summed E-state index contributed by atoms with van der Waals surface area (Å²) in [5.41, 5.74) is 1.67. The Labute approximate surface area is 121 Å². The summed E-state index contributed by atoms with van der Waals surface area (Å²) in [6.45, 7) is 5.39. The van der Waals surface area contributed by atoms with Crippen molar-refractivity contribution < 1.29 is 13.5 Å². The Bertz CT molecular complexity index is 580. The Morgan fingerprint density at radius 3 is 2.30 bits per heavy atom. The first kappa shape index (κ1) is 16.7. The fourth-order valence-electron chi connectivity index (χ4n) is 1.82. The third-order valence-corrected chi connectivity index (χ3v) is 4.45. The van der Waals surface area contributed by atoms with Crippen LogP contribution in [0.2, 0.25) is 0 Å². The minimum atomic E-state index is -3.26. The molecule has 0 aliphatic carbocycles.